The molecule has 0 bridgehead atoms. The first kappa shape index (κ1) is 22.6. The second-order valence-corrected chi connectivity index (χ2v) is 8.42. The van der Waals surface area contributed by atoms with E-state index in [1.54, 1.807) is 36.2 Å². The van der Waals surface area contributed by atoms with Gasteiger partial charge in [-0.3, -0.25) is 9.59 Å². The van der Waals surface area contributed by atoms with Gasteiger partial charge in [0.2, 0.25) is 0 Å². The number of ether oxygens (including phenoxy) is 2. The van der Waals surface area contributed by atoms with Crippen molar-refractivity contribution in [3.05, 3.63) is 41.2 Å². The Morgan fingerprint density at radius 3 is 2.33 bits per heavy atom. The van der Waals surface area contributed by atoms with E-state index in [4.69, 9.17) is 9.47 Å². The molecule has 0 atom stereocenters. The van der Waals surface area contributed by atoms with E-state index in [-0.39, 0.29) is 17.9 Å². The Hall–Kier alpha value is -3.62. The van der Waals surface area contributed by atoms with E-state index in [9.17, 15) is 9.59 Å². The van der Waals surface area contributed by atoms with Crippen molar-refractivity contribution >= 4 is 28.5 Å². The summed E-state index contributed by atoms with van der Waals surface area (Å²) in [6.45, 7) is 7.23. The van der Waals surface area contributed by atoms with Gasteiger partial charge in [-0.2, -0.15) is 5.10 Å². The third kappa shape index (κ3) is 4.22. The molecule has 1 saturated heterocycles. The highest BCUT2D eigenvalue weighted by Crippen LogP contribution is 2.35. The maximum Gasteiger partial charge on any atom is 0.257 e. The summed E-state index contributed by atoms with van der Waals surface area (Å²) in [5.41, 5.74) is 2.46. The van der Waals surface area contributed by atoms with Crippen molar-refractivity contribution in [2.45, 2.75) is 39.7 Å². The minimum absolute atomic E-state index is 0.146. The Labute approximate surface area is 192 Å². The van der Waals surface area contributed by atoms with Crippen LogP contribution >= 0.6 is 0 Å². The lowest BCUT2D eigenvalue weighted by Gasteiger charge is -2.20. The summed E-state index contributed by atoms with van der Waals surface area (Å²) in [5, 5.41) is 8.07. The minimum atomic E-state index is -0.359. The molecule has 174 valence electrons. The van der Waals surface area contributed by atoms with E-state index < -0.39 is 0 Å². The Morgan fingerprint density at radius 1 is 1.03 bits per heavy atom. The molecule has 3 aromatic rings. The van der Waals surface area contributed by atoms with Crippen LogP contribution in [0.1, 0.15) is 59.1 Å². The molecule has 1 N–H and O–H groups in total. The number of hydrogen-bond donors (Lipinski definition) is 1. The number of amides is 2. The molecule has 0 unspecified atom stereocenters. The molecular formula is C24H29N5O4. The fourth-order valence-corrected chi connectivity index (χ4v) is 4.11. The lowest BCUT2D eigenvalue weighted by Crippen LogP contribution is -2.29. The minimum Gasteiger partial charge on any atom is -0.493 e. The Morgan fingerprint density at radius 2 is 1.70 bits per heavy atom. The van der Waals surface area contributed by atoms with E-state index in [1.807, 2.05) is 18.5 Å². The largest absolute Gasteiger partial charge is 0.493 e. The molecule has 2 amide bonds. The molecule has 9 nitrogen and oxygen atoms in total. The summed E-state index contributed by atoms with van der Waals surface area (Å²) in [6.07, 6.45) is 3.64. The lowest BCUT2D eigenvalue weighted by molar-refractivity contribution is 0.0793. The van der Waals surface area contributed by atoms with Crippen molar-refractivity contribution in [2.24, 2.45) is 0 Å². The summed E-state index contributed by atoms with van der Waals surface area (Å²) < 4.78 is 12.6. The van der Waals surface area contributed by atoms with Gasteiger partial charge in [0.25, 0.3) is 11.8 Å². The number of pyridine rings is 1. The molecule has 1 fully saturated rings. The third-order valence-corrected chi connectivity index (χ3v) is 5.89. The van der Waals surface area contributed by atoms with Crippen LogP contribution < -0.4 is 14.8 Å². The average Bonchev–Trinajstić information content (AvgIpc) is 3.47. The predicted octanol–water partition coefficient (Wildman–Crippen LogP) is 3.83. The molecule has 3 heterocycles. The number of carbonyl (C=O) groups is 2. The second kappa shape index (κ2) is 9.09. The topological polar surface area (TPSA) is 98.6 Å². The number of carbonyl (C=O) groups excluding carboxylic acids is 2. The van der Waals surface area contributed by atoms with Crippen molar-refractivity contribution in [2.75, 3.05) is 32.6 Å². The molecule has 0 spiro atoms. The Balaban J connectivity index is 1.72. The molecule has 2 aromatic heterocycles. The van der Waals surface area contributed by atoms with Gasteiger partial charge in [-0.1, -0.05) is 0 Å². The van der Waals surface area contributed by atoms with Gasteiger partial charge in [0.1, 0.15) is 0 Å². The van der Waals surface area contributed by atoms with Crippen molar-refractivity contribution in [3.63, 3.8) is 0 Å². The number of aryl methyl sites for hydroxylation is 1. The first-order chi connectivity index (χ1) is 15.8. The number of aromatic nitrogens is 3. The lowest BCUT2D eigenvalue weighted by atomic mass is 10.1. The number of rotatable bonds is 6. The van der Waals surface area contributed by atoms with Crippen LogP contribution in [0.2, 0.25) is 0 Å². The highest BCUT2D eigenvalue weighted by Gasteiger charge is 2.26. The SMILES string of the molecule is COc1cc(NC(=O)c2cc3cnn(C(C)C)c3nc2C)c(C(=O)N2CCCC2)cc1OC. The molecule has 9 heteroatoms. The van der Waals surface area contributed by atoms with E-state index in [0.717, 1.165) is 23.9 Å². The molecule has 1 aliphatic rings. The molecule has 0 saturated carbocycles. The fourth-order valence-electron chi connectivity index (χ4n) is 4.11. The van der Waals surface area contributed by atoms with Crippen molar-refractivity contribution in [1.82, 2.24) is 19.7 Å². The summed E-state index contributed by atoms with van der Waals surface area (Å²) >= 11 is 0. The molecular weight excluding hydrogens is 422 g/mol. The maximum atomic E-state index is 13.3. The van der Waals surface area contributed by atoms with Crippen molar-refractivity contribution < 1.29 is 19.1 Å². The second-order valence-electron chi connectivity index (χ2n) is 8.42. The van der Waals surface area contributed by atoms with Crippen LogP contribution in [0.25, 0.3) is 11.0 Å². The number of nitrogens with zero attached hydrogens (tertiary/aromatic N) is 4. The first-order valence-corrected chi connectivity index (χ1v) is 11.1. The average molecular weight is 452 g/mol. The maximum absolute atomic E-state index is 13.3. The van der Waals surface area contributed by atoms with Gasteiger partial charge in [-0.25, -0.2) is 9.67 Å². The number of fused-ring (bicyclic) bond motifs is 1. The summed E-state index contributed by atoms with van der Waals surface area (Å²) in [7, 11) is 3.03. The summed E-state index contributed by atoms with van der Waals surface area (Å²) in [4.78, 5) is 32.9. The number of benzene rings is 1. The van der Waals surface area contributed by atoms with Crippen LogP contribution in [0.15, 0.2) is 24.4 Å². The molecule has 4 rings (SSSR count). The molecule has 1 aliphatic heterocycles. The van der Waals surface area contributed by atoms with Crippen molar-refractivity contribution in [1.29, 1.82) is 0 Å². The van der Waals surface area contributed by atoms with E-state index >= 15 is 0 Å². The van der Waals surface area contributed by atoms with Crippen LogP contribution in [0.3, 0.4) is 0 Å². The van der Waals surface area contributed by atoms with Crippen LogP contribution in [0.5, 0.6) is 11.5 Å². The third-order valence-electron chi connectivity index (χ3n) is 5.89. The number of nitrogens with one attached hydrogen (secondary N) is 1. The van der Waals surface area contributed by atoms with Crippen LogP contribution in [0.4, 0.5) is 5.69 Å². The van der Waals surface area contributed by atoms with Gasteiger partial charge in [-0.05, 0) is 45.7 Å². The standard InChI is InChI=1S/C24H29N5O4/c1-14(2)29-22-16(13-25-29)10-17(15(3)26-22)23(30)27-19-12-21(33-5)20(32-4)11-18(19)24(31)28-8-6-7-9-28/h10-14H,6-9H2,1-5H3,(H,27,30). The number of methoxy groups -OCH3 is 2. The zero-order chi connectivity index (χ0) is 23.7. The van der Waals surface area contributed by atoms with Gasteiger partial charge < -0.3 is 19.7 Å². The van der Waals surface area contributed by atoms with Crippen LogP contribution in [0, 0.1) is 6.92 Å². The molecule has 33 heavy (non-hydrogen) atoms. The molecule has 0 radical (unpaired) electrons. The number of likely N-dealkylation sites (tertiary alicyclic amines) is 1. The highest BCUT2D eigenvalue weighted by molar-refractivity contribution is 6.10. The highest BCUT2D eigenvalue weighted by atomic mass is 16.5. The fraction of sp³-hybridized carbons (Fsp3) is 0.417. The van der Waals surface area contributed by atoms with Gasteiger partial charge in [-0.15, -0.1) is 0 Å². The van der Waals surface area contributed by atoms with Gasteiger partial charge in [0, 0.05) is 30.6 Å². The monoisotopic (exact) mass is 451 g/mol. The van der Waals surface area contributed by atoms with Gasteiger partial charge >= 0.3 is 0 Å². The Bertz CT molecular complexity index is 1210. The smallest absolute Gasteiger partial charge is 0.257 e. The molecule has 1 aromatic carbocycles. The number of hydrogen-bond acceptors (Lipinski definition) is 6. The quantitative estimate of drug-likeness (QED) is 0.612. The van der Waals surface area contributed by atoms with Gasteiger partial charge in [0.15, 0.2) is 17.1 Å². The van der Waals surface area contributed by atoms with E-state index in [1.165, 1.54) is 14.2 Å². The Kier molecular flexibility index (Phi) is 6.22. The van der Waals surface area contributed by atoms with Crippen LogP contribution in [-0.2, 0) is 0 Å². The normalized spacial score (nSPS) is 13.6. The number of anilines is 1. The summed E-state index contributed by atoms with van der Waals surface area (Å²) in [5.74, 6) is 0.349. The predicted molar refractivity (Wildman–Crippen MR) is 125 cm³/mol. The van der Waals surface area contributed by atoms with E-state index in [0.29, 0.717) is 47.1 Å². The van der Waals surface area contributed by atoms with Gasteiger partial charge in [0.05, 0.1) is 42.9 Å². The zero-order valence-electron chi connectivity index (χ0n) is 19.6. The first-order valence-electron chi connectivity index (χ1n) is 11.1. The summed E-state index contributed by atoms with van der Waals surface area (Å²) in [6, 6.07) is 5.18. The van der Waals surface area contributed by atoms with E-state index in [2.05, 4.69) is 15.4 Å². The van der Waals surface area contributed by atoms with Crippen LogP contribution in [-0.4, -0.2) is 58.8 Å². The van der Waals surface area contributed by atoms with Crippen molar-refractivity contribution in [3.8, 4) is 11.5 Å². The zero-order valence-corrected chi connectivity index (χ0v) is 19.6. The molecule has 0 aliphatic carbocycles.